The van der Waals surface area contributed by atoms with Crippen LogP contribution >= 0.6 is 0 Å². The van der Waals surface area contributed by atoms with Gasteiger partial charge in [0.1, 0.15) is 18.8 Å². The lowest BCUT2D eigenvalue weighted by Crippen LogP contribution is -2.65. The number of nitrogens with zero attached hydrogens (tertiary/aromatic N) is 2. The summed E-state index contributed by atoms with van der Waals surface area (Å²) in [6.07, 6.45) is 5.66. The molecule has 2 aliphatic carbocycles. The molecule has 5 rings (SSSR count). The van der Waals surface area contributed by atoms with E-state index in [1.165, 1.54) is 18.1 Å². The maximum atomic E-state index is 12.6. The Labute approximate surface area is 189 Å². The number of likely N-dealkylation sites (tertiary alicyclic amines) is 1. The third kappa shape index (κ3) is 3.01. The quantitative estimate of drug-likeness (QED) is 0.384. The van der Waals surface area contributed by atoms with Gasteiger partial charge in [-0.25, -0.2) is 0 Å². The van der Waals surface area contributed by atoms with E-state index in [-0.39, 0.29) is 36.1 Å². The van der Waals surface area contributed by atoms with Crippen LogP contribution in [0.15, 0.2) is 24.3 Å². The minimum atomic E-state index is -0.360. The molecule has 1 amide bonds. The van der Waals surface area contributed by atoms with E-state index in [0.717, 1.165) is 19.4 Å². The number of likely N-dealkylation sites (N-methyl/N-ethyl adjacent to an activating group) is 2. The predicted molar refractivity (Wildman–Crippen MR) is 119 cm³/mol. The van der Waals surface area contributed by atoms with Crippen molar-refractivity contribution in [2.45, 2.75) is 57.3 Å². The molecule has 7 nitrogen and oxygen atoms in total. The number of hydrogen-bond acceptors (Lipinski definition) is 6. The molecule has 172 valence electrons. The Morgan fingerprint density at radius 3 is 2.75 bits per heavy atom. The molecule has 32 heavy (non-hydrogen) atoms. The van der Waals surface area contributed by atoms with Crippen molar-refractivity contribution in [1.29, 1.82) is 0 Å². The molecule has 0 radical (unpaired) electrons. The number of piperidine rings is 1. The second kappa shape index (κ2) is 7.89. The van der Waals surface area contributed by atoms with Crippen molar-refractivity contribution in [1.82, 2.24) is 9.80 Å². The summed E-state index contributed by atoms with van der Waals surface area (Å²) in [4.78, 5) is 28.6. The molecule has 7 heteroatoms. The number of carbonyl (C=O) groups is 2. The molecule has 0 saturated carbocycles. The van der Waals surface area contributed by atoms with Gasteiger partial charge in [-0.15, -0.1) is 0 Å². The molecule has 1 fully saturated rings. The van der Waals surface area contributed by atoms with E-state index in [4.69, 9.17) is 14.2 Å². The van der Waals surface area contributed by atoms with E-state index in [1.54, 1.807) is 4.90 Å². The summed E-state index contributed by atoms with van der Waals surface area (Å²) in [5, 5.41) is 0. The second-order valence-electron chi connectivity index (χ2n) is 9.35. The molecular formula is C25H32N2O5. The van der Waals surface area contributed by atoms with E-state index in [0.29, 0.717) is 36.5 Å². The molecule has 0 N–H and O–H groups in total. The van der Waals surface area contributed by atoms with Crippen LogP contribution in [-0.2, 0) is 26.2 Å². The first-order valence-corrected chi connectivity index (χ1v) is 11.7. The predicted octanol–water partition coefficient (Wildman–Crippen LogP) is 2.31. The average Bonchev–Trinajstić information content (AvgIpc) is 3.12. The molecule has 1 aromatic rings. The van der Waals surface area contributed by atoms with Gasteiger partial charge in [-0.2, -0.15) is 0 Å². The maximum absolute atomic E-state index is 12.6. The van der Waals surface area contributed by atoms with Gasteiger partial charge in [0.05, 0.1) is 0 Å². The number of rotatable bonds is 6. The van der Waals surface area contributed by atoms with E-state index in [1.807, 2.05) is 19.9 Å². The van der Waals surface area contributed by atoms with Crippen LogP contribution in [0.25, 0.3) is 0 Å². The van der Waals surface area contributed by atoms with Crippen LogP contribution < -0.4 is 9.47 Å². The Hall–Kier alpha value is -2.38. The van der Waals surface area contributed by atoms with Crippen LogP contribution in [0.1, 0.15) is 38.3 Å². The van der Waals surface area contributed by atoms with Crippen LogP contribution in [0.4, 0.5) is 0 Å². The first-order valence-electron chi connectivity index (χ1n) is 11.7. The SMILES string of the molecule is CCN(CC)C(=O)CO[C@H]1C=C[C@H]2[C@H]3Cc4ccc(OC(C)=O)c5c4[C@@]2(CCN3C)[C@H]1O5. The van der Waals surface area contributed by atoms with Crippen molar-refractivity contribution in [3.63, 3.8) is 0 Å². The van der Waals surface area contributed by atoms with Gasteiger partial charge < -0.3 is 24.0 Å². The summed E-state index contributed by atoms with van der Waals surface area (Å²) >= 11 is 0. The molecule has 1 aromatic carbocycles. The Bertz CT molecular complexity index is 971. The smallest absolute Gasteiger partial charge is 0.308 e. The number of hydrogen-bond donors (Lipinski definition) is 0. The van der Waals surface area contributed by atoms with Gasteiger partial charge in [0, 0.05) is 43.0 Å². The fourth-order valence-corrected chi connectivity index (χ4v) is 6.42. The van der Waals surface area contributed by atoms with Crippen LogP contribution in [-0.4, -0.2) is 73.2 Å². The Morgan fingerprint density at radius 1 is 1.25 bits per heavy atom. The van der Waals surface area contributed by atoms with Gasteiger partial charge in [-0.05, 0) is 51.9 Å². The van der Waals surface area contributed by atoms with Gasteiger partial charge in [0.15, 0.2) is 11.5 Å². The van der Waals surface area contributed by atoms with Crippen LogP contribution in [0, 0.1) is 5.92 Å². The average molecular weight is 441 g/mol. The van der Waals surface area contributed by atoms with Gasteiger partial charge >= 0.3 is 5.97 Å². The molecule has 5 atom stereocenters. The number of esters is 1. The minimum Gasteiger partial charge on any atom is -0.482 e. The van der Waals surface area contributed by atoms with Crippen LogP contribution in [0.2, 0.25) is 0 Å². The van der Waals surface area contributed by atoms with Gasteiger partial charge in [-0.3, -0.25) is 9.59 Å². The summed E-state index contributed by atoms with van der Waals surface area (Å²) in [6.45, 7) is 7.69. The summed E-state index contributed by atoms with van der Waals surface area (Å²) < 4.78 is 18.3. The molecule has 4 aliphatic rings. The molecule has 2 bridgehead atoms. The van der Waals surface area contributed by atoms with Crippen molar-refractivity contribution in [3.05, 3.63) is 35.4 Å². The first kappa shape index (κ1) is 21.5. The van der Waals surface area contributed by atoms with E-state index >= 15 is 0 Å². The Balaban J connectivity index is 1.53. The summed E-state index contributed by atoms with van der Waals surface area (Å²) in [6, 6.07) is 4.33. The molecule has 1 spiro atoms. The normalized spacial score (nSPS) is 31.6. The maximum Gasteiger partial charge on any atom is 0.308 e. The van der Waals surface area contributed by atoms with Crippen molar-refractivity contribution in [2.24, 2.45) is 5.92 Å². The number of carbonyl (C=O) groups excluding carboxylic acids is 2. The Kier molecular flexibility index (Phi) is 5.29. The third-order valence-electron chi connectivity index (χ3n) is 7.88. The highest BCUT2D eigenvalue weighted by molar-refractivity contribution is 5.77. The molecule has 1 saturated heterocycles. The first-order chi connectivity index (χ1) is 15.4. The largest absolute Gasteiger partial charge is 0.482 e. The highest BCUT2D eigenvalue weighted by Gasteiger charge is 2.64. The standard InChI is InChI=1S/C25H32N2O5/c1-5-27(6-2)21(29)14-30-20-10-8-17-18-13-16-7-9-19(31-15(3)28)23-22(16)25(17,24(20)32-23)11-12-26(18)4/h7-10,17-18,20,24H,5-6,11-14H2,1-4H3/t17-,18+,20-,24-,25-/m0/s1. The topological polar surface area (TPSA) is 68.3 Å². The summed E-state index contributed by atoms with van der Waals surface area (Å²) in [5.74, 6) is 1.09. The lowest BCUT2D eigenvalue weighted by molar-refractivity contribution is -0.141. The number of amides is 1. The third-order valence-corrected chi connectivity index (χ3v) is 7.88. The van der Waals surface area contributed by atoms with Crippen molar-refractivity contribution < 1.29 is 23.8 Å². The fraction of sp³-hybridized carbons (Fsp3) is 0.600. The highest BCUT2D eigenvalue weighted by Crippen LogP contribution is 2.62. The van der Waals surface area contributed by atoms with Crippen molar-refractivity contribution in [3.8, 4) is 11.5 Å². The zero-order valence-electron chi connectivity index (χ0n) is 19.3. The molecule has 0 aromatic heterocycles. The lowest BCUT2D eigenvalue weighted by Gasteiger charge is -2.56. The van der Waals surface area contributed by atoms with E-state index in [9.17, 15) is 9.59 Å². The van der Waals surface area contributed by atoms with Crippen molar-refractivity contribution >= 4 is 11.9 Å². The van der Waals surface area contributed by atoms with Crippen LogP contribution in [0.5, 0.6) is 11.5 Å². The molecular weight excluding hydrogens is 408 g/mol. The molecule has 0 unspecified atom stereocenters. The second-order valence-corrected chi connectivity index (χ2v) is 9.35. The minimum absolute atomic E-state index is 0.00951. The molecule has 2 aliphatic heterocycles. The van der Waals surface area contributed by atoms with Gasteiger partial charge in [-0.1, -0.05) is 18.2 Å². The van der Waals surface area contributed by atoms with E-state index in [2.05, 4.69) is 30.2 Å². The Morgan fingerprint density at radius 2 is 2.03 bits per heavy atom. The van der Waals surface area contributed by atoms with E-state index < -0.39 is 0 Å². The zero-order chi connectivity index (χ0) is 22.6. The van der Waals surface area contributed by atoms with Gasteiger partial charge in [0.25, 0.3) is 0 Å². The number of ether oxygens (including phenoxy) is 3. The zero-order valence-corrected chi connectivity index (χ0v) is 19.3. The lowest BCUT2D eigenvalue weighted by atomic mass is 9.53. The van der Waals surface area contributed by atoms with Crippen molar-refractivity contribution in [2.75, 3.05) is 33.3 Å². The molecule has 2 heterocycles. The monoisotopic (exact) mass is 440 g/mol. The van der Waals surface area contributed by atoms with Gasteiger partial charge in [0.2, 0.25) is 5.91 Å². The highest BCUT2D eigenvalue weighted by atomic mass is 16.6. The van der Waals surface area contributed by atoms with Crippen LogP contribution in [0.3, 0.4) is 0 Å². The summed E-state index contributed by atoms with van der Waals surface area (Å²) in [7, 11) is 2.20. The number of benzene rings is 1. The summed E-state index contributed by atoms with van der Waals surface area (Å²) in [5.41, 5.74) is 2.22. The fourth-order valence-electron chi connectivity index (χ4n) is 6.42.